The van der Waals surface area contributed by atoms with E-state index in [1.165, 1.54) is 16.7 Å². The van der Waals surface area contributed by atoms with Crippen molar-refractivity contribution in [2.24, 2.45) is 5.73 Å². The molecular weight excluding hydrogens is 244 g/mol. The van der Waals surface area contributed by atoms with Crippen molar-refractivity contribution in [1.29, 1.82) is 0 Å². The van der Waals surface area contributed by atoms with E-state index < -0.39 is 28.6 Å². The minimum Gasteiger partial charge on any atom is -0.480 e. The van der Waals surface area contributed by atoms with Crippen molar-refractivity contribution in [2.45, 2.75) is 30.0 Å². The number of primary amides is 1. The van der Waals surface area contributed by atoms with Gasteiger partial charge in [-0.1, -0.05) is 0 Å². The van der Waals surface area contributed by atoms with Crippen LogP contribution in [0.15, 0.2) is 11.6 Å². The Kier molecular flexibility index (Phi) is 2.46. The van der Waals surface area contributed by atoms with Crippen LogP contribution in [0.1, 0.15) is 13.8 Å². The number of carbonyl (C=O) groups is 3. The van der Waals surface area contributed by atoms with Gasteiger partial charge in [0.15, 0.2) is 0 Å². The number of β-lactam (4-membered cyclic amide) rings is 1. The topological polar surface area (TPSA) is 101 Å². The predicted octanol–water partition coefficient (Wildman–Crippen LogP) is -0.455. The van der Waals surface area contributed by atoms with E-state index in [2.05, 4.69) is 0 Å². The molecule has 0 bridgehead atoms. The highest BCUT2D eigenvalue weighted by Gasteiger charge is 2.61. The van der Waals surface area contributed by atoms with Crippen molar-refractivity contribution in [2.75, 3.05) is 0 Å². The van der Waals surface area contributed by atoms with Crippen molar-refractivity contribution >= 4 is 29.5 Å². The Labute approximate surface area is 102 Å². The molecule has 0 radical (unpaired) electrons. The molecule has 92 valence electrons. The van der Waals surface area contributed by atoms with Gasteiger partial charge in [-0.15, -0.1) is 11.8 Å². The molecule has 0 spiro atoms. The van der Waals surface area contributed by atoms with E-state index in [1.807, 2.05) is 0 Å². The Balaban J connectivity index is 2.34. The first kappa shape index (κ1) is 12.0. The summed E-state index contributed by atoms with van der Waals surface area (Å²) >= 11 is 1.36. The Bertz CT molecular complexity index is 457. The summed E-state index contributed by atoms with van der Waals surface area (Å²) in [4.78, 5) is 35.0. The van der Waals surface area contributed by atoms with Crippen LogP contribution in [0.3, 0.4) is 0 Å². The van der Waals surface area contributed by atoms with Gasteiger partial charge < -0.3 is 15.7 Å². The quantitative estimate of drug-likeness (QED) is 0.514. The van der Waals surface area contributed by atoms with Crippen molar-refractivity contribution in [3.05, 3.63) is 11.6 Å². The number of hydrogen-bond acceptors (Lipinski definition) is 4. The maximum atomic E-state index is 11.8. The van der Waals surface area contributed by atoms with Crippen LogP contribution in [0.5, 0.6) is 0 Å². The number of nitrogens with zero attached hydrogens (tertiary/aromatic N) is 1. The van der Waals surface area contributed by atoms with Crippen LogP contribution in [0.2, 0.25) is 0 Å². The van der Waals surface area contributed by atoms with Crippen LogP contribution in [-0.4, -0.2) is 44.0 Å². The second kappa shape index (κ2) is 3.49. The molecular formula is C10H12N2O4S. The molecule has 0 saturated carbocycles. The predicted molar refractivity (Wildman–Crippen MR) is 61.0 cm³/mol. The van der Waals surface area contributed by atoms with Gasteiger partial charge in [0.2, 0.25) is 5.91 Å². The van der Waals surface area contributed by atoms with Gasteiger partial charge >= 0.3 is 5.97 Å². The SMILES string of the molecule is CC1(C)S[C@@H]2/C(=C\C(N)=O)C(=O)N2[C@H]1C(=O)O. The molecule has 0 aliphatic carbocycles. The highest BCUT2D eigenvalue weighted by molar-refractivity contribution is 8.01. The minimum atomic E-state index is -1.03. The van der Waals surface area contributed by atoms with Crippen LogP contribution in [0, 0.1) is 0 Å². The lowest BCUT2D eigenvalue weighted by atomic mass is 9.95. The van der Waals surface area contributed by atoms with E-state index >= 15 is 0 Å². The summed E-state index contributed by atoms with van der Waals surface area (Å²) in [6.45, 7) is 3.54. The summed E-state index contributed by atoms with van der Waals surface area (Å²) in [5.41, 5.74) is 5.29. The molecule has 2 rings (SSSR count). The number of carboxylic acids is 1. The van der Waals surface area contributed by atoms with Gasteiger partial charge in [0, 0.05) is 10.8 Å². The van der Waals surface area contributed by atoms with Crippen LogP contribution < -0.4 is 5.73 Å². The summed E-state index contributed by atoms with van der Waals surface area (Å²) in [5, 5.41) is 8.77. The number of carbonyl (C=O) groups excluding carboxylic acids is 2. The average molecular weight is 256 g/mol. The second-order valence-electron chi connectivity index (χ2n) is 4.53. The molecule has 2 aliphatic rings. The molecule has 3 N–H and O–H groups in total. The van der Waals surface area contributed by atoms with Crippen LogP contribution in [-0.2, 0) is 14.4 Å². The van der Waals surface area contributed by atoms with Gasteiger partial charge in [-0.3, -0.25) is 9.59 Å². The number of amides is 2. The molecule has 17 heavy (non-hydrogen) atoms. The normalized spacial score (nSPS) is 32.2. The average Bonchev–Trinajstić information content (AvgIpc) is 2.43. The molecule has 2 heterocycles. The summed E-state index contributed by atoms with van der Waals surface area (Å²) in [6.07, 6.45) is 1.08. The van der Waals surface area contributed by atoms with Gasteiger partial charge in [0.25, 0.3) is 5.91 Å². The lowest BCUT2D eigenvalue weighted by Crippen LogP contribution is -2.58. The summed E-state index contributed by atoms with van der Waals surface area (Å²) in [5.74, 6) is -2.14. The number of nitrogens with two attached hydrogens (primary N) is 1. The highest BCUT2D eigenvalue weighted by Crippen LogP contribution is 2.52. The zero-order valence-corrected chi connectivity index (χ0v) is 10.2. The van der Waals surface area contributed by atoms with Crippen LogP contribution >= 0.6 is 11.8 Å². The number of thioether (sulfide) groups is 1. The standard InChI is InChI=1S/C10H12N2O4S/c1-10(2)6(9(15)16)12-7(14)4(3-5(11)13)8(12)17-10/h3,6,8H,1-2H3,(H2,11,13)(H,15,16)/b4-3-/t6-,8+/m0/s1. The molecule has 6 nitrogen and oxygen atoms in total. The summed E-state index contributed by atoms with van der Waals surface area (Å²) in [7, 11) is 0. The van der Waals surface area contributed by atoms with E-state index in [4.69, 9.17) is 10.8 Å². The third kappa shape index (κ3) is 1.61. The second-order valence-corrected chi connectivity index (χ2v) is 6.26. The number of aliphatic carboxylic acids is 1. The highest BCUT2D eigenvalue weighted by atomic mass is 32.2. The van der Waals surface area contributed by atoms with Crippen molar-refractivity contribution in [3.63, 3.8) is 0 Å². The van der Waals surface area contributed by atoms with Gasteiger partial charge in [-0.2, -0.15) is 0 Å². The fraction of sp³-hybridized carbons (Fsp3) is 0.500. The number of carboxylic acid groups (broad SMARTS) is 1. The van der Waals surface area contributed by atoms with Crippen molar-refractivity contribution < 1.29 is 19.5 Å². The third-order valence-electron chi connectivity index (χ3n) is 2.88. The Hall–Kier alpha value is -1.50. The molecule has 2 amide bonds. The van der Waals surface area contributed by atoms with E-state index in [0.29, 0.717) is 5.57 Å². The first-order valence-electron chi connectivity index (χ1n) is 5.00. The number of hydrogen-bond donors (Lipinski definition) is 2. The Morgan fingerprint density at radius 3 is 2.59 bits per heavy atom. The zero-order chi connectivity index (χ0) is 13.0. The maximum Gasteiger partial charge on any atom is 0.327 e. The fourth-order valence-corrected chi connectivity index (χ4v) is 3.75. The van der Waals surface area contributed by atoms with Gasteiger partial charge in [0.1, 0.15) is 11.4 Å². The van der Waals surface area contributed by atoms with Gasteiger partial charge in [-0.05, 0) is 13.8 Å². The van der Waals surface area contributed by atoms with Gasteiger partial charge in [0.05, 0.1) is 5.57 Å². The number of rotatable bonds is 2. The molecule has 0 aromatic carbocycles. The molecule has 2 fully saturated rings. The molecule has 0 aromatic rings. The molecule has 2 atom stereocenters. The summed E-state index contributed by atoms with van der Waals surface area (Å²) in [6, 6.07) is -0.866. The number of fused-ring (bicyclic) bond motifs is 1. The van der Waals surface area contributed by atoms with Crippen molar-refractivity contribution in [3.8, 4) is 0 Å². The Morgan fingerprint density at radius 1 is 1.53 bits per heavy atom. The molecule has 0 unspecified atom stereocenters. The lowest BCUT2D eigenvalue weighted by Gasteiger charge is -2.38. The van der Waals surface area contributed by atoms with E-state index in [0.717, 1.165) is 6.08 Å². The maximum absolute atomic E-state index is 11.8. The monoisotopic (exact) mass is 256 g/mol. The largest absolute Gasteiger partial charge is 0.480 e. The first-order chi connectivity index (χ1) is 7.75. The first-order valence-corrected chi connectivity index (χ1v) is 5.88. The zero-order valence-electron chi connectivity index (χ0n) is 9.34. The lowest BCUT2D eigenvalue weighted by molar-refractivity contribution is -0.152. The fourth-order valence-electron chi connectivity index (χ4n) is 2.21. The van der Waals surface area contributed by atoms with E-state index in [9.17, 15) is 14.4 Å². The molecule has 2 aliphatic heterocycles. The summed E-state index contributed by atoms with van der Waals surface area (Å²) < 4.78 is -0.584. The Morgan fingerprint density at radius 2 is 2.12 bits per heavy atom. The van der Waals surface area contributed by atoms with Crippen LogP contribution in [0.25, 0.3) is 0 Å². The van der Waals surface area contributed by atoms with Gasteiger partial charge in [-0.25, -0.2) is 4.79 Å². The molecule has 7 heteroatoms. The third-order valence-corrected chi connectivity index (χ3v) is 4.42. The minimum absolute atomic E-state index is 0.291. The molecule has 0 aromatic heterocycles. The van der Waals surface area contributed by atoms with Crippen molar-refractivity contribution in [1.82, 2.24) is 4.90 Å². The smallest absolute Gasteiger partial charge is 0.327 e. The van der Waals surface area contributed by atoms with E-state index in [-0.39, 0.29) is 5.37 Å². The van der Waals surface area contributed by atoms with Crippen LogP contribution in [0.4, 0.5) is 0 Å². The van der Waals surface area contributed by atoms with E-state index in [1.54, 1.807) is 13.8 Å². The molecule has 2 saturated heterocycles.